The van der Waals surface area contributed by atoms with Crippen LogP contribution in [0.3, 0.4) is 0 Å². The molecule has 2 aromatic carbocycles. The Labute approximate surface area is 194 Å². The summed E-state index contributed by atoms with van der Waals surface area (Å²) in [5.74, 6) is 1.23. The Balaban J connectivity index is 1.47. The van der Waals surface area contributed by atoms with Crippen LogP contribution < -0.4 is 5.32 Å². The zero-order chi connectivity index (χ0) is 22.6. The fourth-order valence-electron chi connectivity index (χ4n) is 3.63. The first kappa shape index (κ1) is 24.3. The number of nitrogens with zero attached hydrogens (tertiary/aromatic N) is 1. The average Bonchev–Trinajstić information content (AvgIpc) is 3.23. The van der Waals surface area contributed by atoms with Crippen molar-refractivity contribution in [1.29, 1.82) is 0 Å². The van der Waals surface area contributed by atoms with Gasteiger partial charge in [-0.2, -0.15) is 11.8 Å². The van der Waals surface area contributed by atoms with E-state index in [1.165, 1.54) is 28.3 Å². The van der Waals surface area contributed by atoms with Gasteiger partial charge < -0.3 is 20.5 Å². The molecule has 4 N–H and O–H groups in total. The molecule has 0 atom stereocenters. The standard InChI is InChI=1S/C25H33N3O3S/c29-13-3-15-32-19-25(31)27-16-20-6-8-21(9-7-20)18-28(12-14-30)11-10-22-17-26-24-5-2-1-4-23(22)24/h1-2,4-9,17,26,29-30H,3,10-16,18-19H2,(H,27,31). The van der Waals surface area contributed by atoms with Gasteiger partial charge in [0, 0.05) is 49.9 Å². The van der Waals surface area contributed by atoms with Gasteiger partial charge in [-0.1, -0.05) is 42.5 Å². The molecule has 3 aromatic rings. The lowest BCUT2D eigenvalue weighted by Crippen LogP contribution is -2.28. The van der Waals surface area contributed by atoms with Gasteiger partial charge >= 0.3 is 0 Å². The van der Waals surface area contributed by atoms with Crippen molar-refractivity contribution in [3.63, 3.8) is 0 Å². The van der Waals surface area contributed by atoms with Crippen LogP contribution in [0.1, 0.15) is 23.1 Å². The fourth-order valence-corrected chi connectivity index (χ4v) is 4.40. The van der Waals surface area contributed by atoms with E-state index in [-0.39, 0.29) is 19.1 Å². The number of aliphatic hydroxyl groups is 2. The number of carbonyl (C=O) groups is 1. The third-order valence-corrected chi connectivity index (χ3v) is 6.43. The van der Waals surface area contributed by atoms with Crippen molar-refractivity contribution in [3.8, 4) is 0 Å². The first-order valence-corrected chi connectivity index (χ1v) is 12.3. The van der Waals surface area contributed by atoms with E-state index in [4.69, 9.17) is 5.11 Å². The molecule has 0 unspecified atom stereocenters. The SMILES string of the molecule is O=C(CSCCCO)NCc1ccc(CN(CCO)CCc2c[nH]c3ccccc23)cc1. The van der Waals surface area contributed by atoms with Gasteiger partial charge in [-0.05, 0) is 41.4 Å². The number of carbonyl (C=O) groups excluding carboxylic acids is 1. The summed E-state index contributed by atoms with van der Waals surface area (Å²) in [4.78, 5) is 17.5. The van der Waals surface area contributed by atoms with E-state index < -0.39 is 0 Å². The minimum absolute atomic E-state index is 0.0171. The van der Waals surface area contributed by atoms with Crippen LogP contribution in [-0.2, 0) is 24.3 Å². The van der Waals surface area contributed by atoms with Crippen LogP contribution >= 0.6 is 11.8 Å². The van der Waals surface area contributed by atoms with Crippen LogP contribution in [0.4, 0.5) is 0 Å². The summed E-state index contributed by atoms with van der Waals surface area (Å²) in [6.07, 6.45) is 3.72. The molecule has 3 rings (SSSR count). The molecule has 0 bridgehead atoms. The van der Waals surface area contributed by atoms with Crippen LogP contribution in [-0.4, -0.2) is 63.8 Å². The molecular weight excluding hydrogens is 422 g/mol. The van der Waals surface area contributed by atoms with Crippen molar-refractivity contribution in [1.82, 2.24) is 15.2 Å². The van der Waals surface area contributed by atoms with Crippen LogP contribution in [0, 0.1) is 0 Å². The molecule has 0 spiro atoms. The van der Waals surface area contributed by atoms with E-state index in [2.05, 4.69) is 51.7 Å². The number of aromatic amines is 1. The number of rotatable bonds is 14. The number of hydrogen-bond acceptors (Lipinski definition) is 5. The van der Waals surface area contributed by atoms with Gasteiger partial charge in [0.05, 0.1) is 12.4 Å². The van der Waals surface area contributed by atoms with E-state index in [1.54, 1.807) is 0 Å². The predicted molar refractivity (Wildman–Crippen MR) is 132 cm³/mol. The quantitative estimate of drug-likeness (QED) is 0.281. The number of H-pyrrole nitrogens is 1. The van der Waals surface area contributed by atoms with Gasteiger partial charge in [-0.25, -0.2) is 0 Å². The van der Waals surface area contributed by atoms with Crippen molar-refractivity contribution in [2.45, 2.75) is 25.9 Å². The maximum absolute atomic E-state index is 11.9. The maximum atomic E-state index is 11.9. The Bertz CT molecular complexity index is 958. The summed E-state index contributed by atoms with van der Waals surface area (Å²) < 4.78 is 0. The van der Waals surface area contributed by atoms with Gasteiger partial charge in [0.2, 0.25) is 5.91 Å². The smallest absolute Gasteiger partial charge is 0.230 e. The molecule has 1 aromatic heterocycles. The van der Waals surface area contributed by atoms with Gasteiger partial charge in [0.25, 0.3) is 0 Å². The Morgan fingerprint density at radius 1 is 1.00 bits per heavy atom. The zero-order valence-corrected chi connectivity index (χ0v) is 19.2. The molecule has 7 heteroatoms. The van der Waals surface area contributed by atoms with E-state index in [9.17, 15) is 9.90 Å². The number of benzene rings is 2. The number of aromatic nitrogens is 1. The lowest BCUT2D eigenvalue weighted by molar-refractivity contribution is -0.118. The highest BCUT2D eigenvalue weighted by Gasteiger charge is 2.09. The Hall–Kier alpha value is -2.32. The second kappa shape index (κ2) is 13.3. The monoisotopic (exact) mass is 455 g/mol. The van der Waals surface area contributed by atoms with E-state index >= 15 is 0 Å². The van der Waals surface area contributed by atoms with Gasteiger partial charge in [-0.15, -0.1) is 0 Å². The number of fused-ring (bicyclic) bond motifs is 1. The summed E-state index contributed by atoms with van der Waals surface area (Å²) in [5.41, 5.74) is 4.70. The molecule has 6 nitrogen and oxygen atoms in total. The van der Waals surface area contributed by atoms with Gasteiger partial charge in [0.1, 0.15) is 0 Å². The summed E-state index contributed by atoms with van der Waals surface area (Å²) in [5, 5.41) is 22.5. The highest BCUT2D eigenvalue weighted by Crippen LogP contribution is 2.19. The number of thioether (sulfide) groups is 1. The molecule has 0 aliphatic rings. The average molecular weight is 456 g/mol. The molecule has 1 heterocycles. The van der Waals surface area contributed by atoms with E-state index in [1.807, 2.05) is 18.2 Å². The van der Waals surface area contributed by atoms with Crippen LogP contribution in [0.5, 0.6) is 0 Å². The molecule has 0 aliphatic heterocycles. The number of amides is 1. The lowest BCUT2D eigenvalue weighted by Gasteiger charge is -2.21. The molecule has 32 heavy (non-hydrogen) atoms. The number of para-hydroxylation sites is 1. The molecule has 172 valence electrons. The molecule has 0 saturated carbocycles. The second-order valence-corrected chi connectivity index (χ2v) is 8.94. The third kappa shape index (κ3) is 7.67. The Morgan fingerprint density at radius 3 is 2.56 bits per heavy atom. The summed E-state index contributed by atoms with van der Waals surface area (Å²) >= 11 is 1.54. The molecule has 1 amide bonds. The minimum atomic E-state index is 0.0171. The van der Waals surface area contributed by atoms with Crippen molar-refractivity contribution < 1.29 is 15.0 Å². The van der Waals surface area contributed by atoms with Gasteiger partial charge in [0.15, 0.2) is 0 Å². The first-order valence-electron chi connectivity index (χ1n) is 11.1. The molecule has 0 fully saturated rings. The van der Waals surface area contributed by atoms with Crippen molar-refractivity contribution >= 4 is 28.6 Å². The normalized spacial score (nSPS) is 11.3. The zero-order valence-electron chi connectivity index (χ0n) is 18.4. The maximum Gasteiger partial charge on any atom is 0.230 e. The molecule has 0 saturated heterocycles. The summed E-state index contributed by atoms with van der Waals surface area (Å²) in [6.45, 7) is 3.09. The van der Waals surface area contributed by atoms with Crippen molar-refractivity contribution in [3.05, 3.63) is 71.4 Å². The van der Waals surface area contributed by atoms with Crippen LogP contribution in [0.2, 0.25) is 0 Å². The van der Waals surface area contributed by atoms with E-state index in [0.29, 0.717) is 25.3 Å². The van der Waals surface area contributed by atoms with Gasteiger partial charge in [-0.3, -0.25) is 9.69 Å². The number of aliphatic hydroxyl groups excluding tert-OH is 2. The predicted octanol–water partition coefficient (Wildman–Crippen LogP) is 2.94. The number of nitrogens with one attached hydrogen (secondary N) is 2. The Kier molecular flexibility index (Phi) is 10.1. The van der Waals surface area contributed by atoms with Crippen LogP contribution in [0.15, 0.2) is 54.7 Å². The fraction of sp³-hybridized carbons (Fsp3) is 0.400. The largest absolute Gasteiger partial charge is 0.396 e. The topological polar surface area (TPSA) is 88.6 Å². The summed E-state index contributed by atoms with van der Waals surface area (Å²) in [6, 6.07) is 16.6. The van der Waals surface area contributed by atoms with Crippen molar-refractivity contribution in [2.24, 2.45) is 0 Å². The summed E-state index contributed by atoms with van der Waals surface area (Å²) in [7, 11) is 0. The minimum Gasteiger partial charge on any atom is -0.396 e. The second-order valence-electron chi connectivity index (χ2n) is 7.83. The highest BCUT2D eigenvalue weighted by atomic mass is 32.2. The van der Waals surface area contributed by atoms with Crippen LogP contribution in [0.25, 0.3) is 10.9 Å². The first-order chi connectivity index (χ1) is 15.7. The van der Waals surface area contributed by atoms with E-state index in [0.717, 1.165) is 36.3 Å². The van der Waals surface area contributed by atoms with Crippen molar-refractivity contribution in [2.75, 3.05) is 37.8 Å². The molecular formula is C25H33N3O3S. The number of hydrogen-bond donors (Lipinski definition) is 4. The lowest BCUT2D eigenvalue weighted by atomic mass is 10.1. The Morgan fingerprint density at radius 2 is 1.78 bits per heavy atom. The molecule has 0 radical (unpaired) electrons. The third-order valence-electron chi connectivity index (χ3n) is 5.39. The molecule has 0 aliphatic carbocycles. The highest BCUT2D eigenvalue weighted by molar-refractivity contribution is 7.99.